The van der Waals surface area contributed by atoms with Gasteiger partial charge in [-0.15, -0.1) is 0 Å². The summed E-state index contributed by atoms with van der Waals surface area (Å²) >= 11 is 3.37. The van der Waals surface area contributed by atoms with Crippen LogP contribution in [-0.4, -0.2) is 32.8 Å². The molecule has 0 spiro atoms. The Morgan fingerprint density at radius 1 is 1.32 bits per heavy atom. The standard InChI is InChI=1S/C14H11BrN4O3/c1-19-12-9(6-18-19)13(17-7-16-12)22-11-4-3-8(5-10(11)15)14(20)21-2/h3-7H,1-2H3. The van der Waals surface area contributed by atoms with E-state index in [1.165, 1.54) is 13.4 Å². The van der Waals surface area contributed by atoms with E-state index in [0.29, 0.717) is 32.7 Å². The molecule has 22 heavy (non-hydrogen) atoms. The molecule has 0 amide bonds. The third-order valence-electron chi connectivity index (χ3n) is 3.05. The van der Waals surface area contributed by atoms with Crippen molar-refractivity contribution in [2.24, 2.45) is 7.05 Å². The number of hydrogen-bond donors (Lipinski definition) is 0. The van der Waals surface area contributed by atoms with Gasteiger partial charge in [-0.1, -0.05) is 0 Å². The number of rotatable bonds is 3. The monoisotopic (exact) mass is 362 g/mol. The number of aromatic nitrogens is 4. The Kier molecular flexibility index (Phi) is 3.76. The lowest BCUT2D eigenvalue weighted by molar-refractivity contribution is 0.0600. The van der Waals surface area contributed by atoms with E-state index in [0.717, 1.165) is 0 Å². The Balaban J connectivity index is 1.97. The van der Waals surface area contributed by atoms with Crippen LogP contribution in [0.25, 0.3) is 11.0 Å². The second-order valence-electron chi connectivity index (χ2n) is 4.42. The molecule has 0 atom stereocenters. The molecule has 8 heteroatoms. The molecule has 0 radical (unpaired) electrons. The van der Waals surface area contributed by atoms with Crippen molar-refractivity contribution in [3.8, 4) is 11.6 Å². The fourth-order valence-corrected chi connectivity index (χ4v) is 2.41. The second kappa shape index (κ2) is 5.72. The molecular formula is C14H11BrN4O3. The number of carbonyl (C=O) groups excluding carboxylic acids is 1. The van der Waals surface area contributed by atoms with Gasteiger partial charge in [0.2, 0.25) is 5.88 Å². The molecule has 2 heterocycles. The first-order chi connectivity index (χ1) is 10.6. The van der Waals surface area contributed by atoms with Crippen molar-refractivity contribution in [3.05, 3.63) is 40.8 Å². The lowest BCUT2D eigenvalue weighted by Crippen LogP contribution is -2.01. The molecule has 0 saturated carbocycles. The fourth-order valence-electron chi connectivity index (χ4n) is 1.95. The van der Waals surface area contributed by atoms with Crippen LogP contribution in [-0.2, 0) is 11.8 Å². The van der Waals surface area contributed by atoms with Crippen LogP contribution in [0.3, 0.4) is 0 Å². The summed E-state index contributed by atoms with van der Waals surface area (Å²) in [6.45, 7) is 0. The summed E-state index contributed by atoms with van der Waals surface area (Å²) < 4.78 is 12.7. The van der Waals surface area contributed by atoms with Crippen LogP contribution < -0.4 is 4.74 Å². The second-order valence-corrected chi connectivity index (χ2v) is 5.28. The van der Waals surface area contributed by atoms with E-state index in [1.54, 1.807) is 36.1 Å². The molecule has 0 unspecified atom stereocenters. The van der Waals surface area contributed by atoms with Gasteiger partial charge in [0.05, 0.1) is 23.3 Å². The minimum Gasteiger partial charge on any atom is -0.465 e. The van der Waals surface area contributed by atoms with Crippen molar-refractivity contribution in [3.63, 3.8) is 0 Å². The van der Waals surface area contributed by atoms with E-state index in [1.807, 2.05) is 0 Å². The fraction of sp³-hybridized carbons (Fsp3) is 0.143. The molecule has 7 nitrogen and oxygen atoms in total. The van der Waals surface area contributed by atoms with E-state index < -0.39 is 5.97 Å². The highest BCUT2D eigenvalue weighted by Crippen LogP contribution is 2.32. The third-order valence-corrected chi connectivity index (χ3v) is 3.67. The van der Waals surface area contributed by atoms with E-state index in [4.69, 9.17) is 4.74 Å². The summed E-state index contributed by atoms with van der Waals surface area (Å²) in [5.41, 5.74) is 1.10. The van der Waals surface area contributed by atoms with Crippen molar-refractivity contribution < 1.29 is 14.3 Å². The topological polar surface area (TPSA) is 79.1 Å². The quantitative estimate of drug-likeness (QED) is 0.666. The first-order valence-corrected chi connectivity index (χ1v) is 7.08. The van der Waals surface area contributed by atoms with Crippen molar-refractivity contribution in [1.82, 2.24) is 19.7 Å². The molecule has 0 fully saturated rings. The molecule has 0 saturated heterocycles. The molecule has 0 N–H and O–H groups in total. The van der Waals surface area contributed by atoms with Gasteiger partial charge in [0, 0.05) is 7.05 Å². The van der Waals surface area contributed by atoms with Gasteiger partial charge in [-0.3, -0.25) is 4.68 Å². The number of hydrogen-bond acceptors (Lipinski definition) is 6. The zero-order valence-corrected chi connectivity index (χ0v) is 13.4. The first kappa shape index (κ1) is 14.5. The largest absolute Gasteiger partial charge is 0.465 e. The summed E-state index contributed by atoms with van der Waals surface area (Å²) in [7, 11) is 3.13. The predicted molar refractivity (Wildman–Crippen MR) is 81.9 cm³/mol. The molecular weight excluding hydrogens is 352 g/mol. The maximum atomic E-state index is 11.5. The average molecular weight is 363 g/mol. The molecule has 3 rings (SSSR count). The smallest absolute Gasteiger partial charge is 0.337 e. The highest BCUT2D eigenvalue weighted by atomic mass is 79.9. The van der Waals surface area contributed by atoms with Crippen LogP contribution in [0.1, 0.15) is 10.4 Å². The summed E-state index contributed by atoms with van der Waals surface area (Å²) in [5.74, 6) is 0.505. The number of esters is 1. The minimum absolute atomic E-state index is 0.393. The molecule has 112 valence electrons. The van der Waals surface area contributed by atoms with Crippen LogP contribution in [0.4, 0.5) is 0 Å². The number of carbonyl (C=O) groups is 1. The van der Waals surface area contributed by atoms with Crippen LogP contribution in [0.2, 0.25) is 0 Å². The normalized spacial score (nSPS) is 10.7. The molecule has 0 aliphatic carbocycles. The van der Waals surface area contributed by atoms with Gasteiger partial charge in [0.1, 0.15) is 17.5 Å². The Morgan fingerprint density at radius 3 is 2.86 bits per heavy atom. The van der Waals surface area contributed by atoms with Crippen molar-refractivity contribution in [2.45, 2.75) is 0 Å². The summed E-state index contributed by atoms with van der Waals surface area (Å²) in [6, 6.07) is 4.91. The molecule has 0 aliphatic rings. The zero-order chi connectivity index (χ0) is 15.7. The number of benzene rings is 1. The van der Waals surface area contributed by atoms with E-state index in [9.17, 15) is 4.79 Å². The minimum atomic E-state index is -0.413. The highest BCUT2D eigenvalue weighted by Gasteiger charge is 2.13. The van der Waals surface area contributed by atoms with Crippen LogP contribution >= 0.6 is 15.9 Å². The van der Waals surface area contributed by atoms with Crippen LogP contribution in [0.5, 0.6) is 11.6 Å². The summed E-state index contributed by atoms with van der Waals surface area (Å²) in [6.07, 6.45) is 3.05. The average Bonchev–Trinajstić information content (AvgIpc) is 2.91. The molecule has 0 aliphatic heterocycles. The van der Waals surface area contributed by atoms with Crippen LogP contribution in [0.15, 0.2) is 35.2 Å². The maximum Gasteiger partial charge on any atom is 0.337 e. The van der Waals surface area contributed by atoms with E-state index in [2.05, 4.69) is 35.7 Å². The van der Waals surface area contributed by atoms with Crippen LogP contribution in [0, 0.1) is 0 Å². The van der Waals surface area contributed by atoms with Gasteiger partial charge in [-0.2, -0.15) is 5.10 Å². The number of fused-ring (bicyclic) bond motifs is 1. The molecule has 0 bridgehead atoms. The van der Waals surface area contributed by atoms with Crippen molar-refractivity contribution in [2.75, 3.05) is 7.11 Å². The number of aryl methyl sites for hydroxylation is 1. The summed E-state index contributed by atoms with van der Waals surface area (Å²) in [4.78, 5) is 19.8. The van der Waals surface area contributed by atoms with Gasteiger partial charge in [-0.25, -0.2) is 14.8 Å². The maximum absolute atomic E-state index is 11.5. The number of methoxy groups -OCH3 is 1. The van der Waals surface area contributed by atoms with Crippen molar-refractivity contribution in [1.29, 1.82) is 0 Å². The predicted octanol–water partition coefficient (Wildman–Crippen LogP) is 2.70. The van der Waals surface area contributed by atoms with Gasteiger partial charge in [0.15, 0.2) is 5.65 Å². The lowest BCUT2D eigenvalue weighted by Gasteiger charge is -2.08. The van der Waals surface area contributed by atoms with Gasteiger partial charge < -0.3 is 9.47 Å². The molecule has 3 aromatic rings. The Labute approximate surface area is 134 Å². The van der Waals surface area contributed by atoms with E-state index >= 15 is 0 Å². The van der Waals surface area contributed by atoms with E-state index in [-0.39, 0.29) is 0 Å². The Morgan fingerprint density at radius 2 is 2.14 bits per heavy atom. The number of halogens is 1. The zero-order valence-electron chi connectivity index (χ0n) is 11.8. The SMILES string of the molecule is COC(=O)c1ccc(Oc2ncnc3c2cnn3C)c(Br)c1. The highest BCUT2D eigenvalue weighted by molar-refractivity contribution is 9.10. The van der Waals surface area contributed by atoms with Crippen molar-refractivity contribution >= 4 is 32.9 Å². The molecule has 2 aromatic heterocycles. The first-order valence-electron chi connectivity index (χ1n) is 6.28. The lowest BCUT2D eigenvalue weighted by atomic mass is 10.2. The summed E-state index contributed by atoms with van der Waals surface area (Å²) in [5, 5.41) is 4.83. The van der Waals surface area contributed by atoms with Gasteiger partial charge in [-0.05, 0) is 34.1 Å². The third kappa shape index (κ3) is 2.52. The Hall–Kier alpha value is -2.48. The number of nitrogens with zero attached hydrogens (tertiary/aromatic N) is 4. The molecule has 1 aromatic carbocycles. The van der Waals surface area contributed by atoms with Gasteiger partial charge in [0.25, 0.3) is 0 Å². The Bertz CT molecular complexity index is 862. The van der Waals surface area contributed by atoms with Gasteiger partial charge >= 0.3 is 5.97 Å². The number of ether oxygens (including phenoxy) is 2.